The molecule has 2 unspecified atom stereocenters. The number of β-lactam (4-membered cyclic amide) rings is 1. The van der Waals surface area contributed by atoms with Crippen molar-refractivity contribution in [3.05, 3.63) is 51.6 Å². The quantitative estimate of drug-likeness (QED) is 0.239. The van der Waals surface area contributed by atoms with Crippen molar-refractivity contribution in [3.8, 4) is 0 Å². The van der Waals surface area contributed by atoms with Gasteiger partial charge < -0.3 is 16.2 Å². The first kappa shape index (κ1) is 26.8. The first-order chi connectivity index (χ1) is 18.2. The average Bonchev–Trinajstić information content (AvgIpc) is 3.51. The van der Waals surface area contributed by atoms with Gasteiger partial charge in [-0.1, -0.05) is 35.5 Å². The van der Waals surface area contributed by atoms with Crippen molar-refractivity contribution < 1.29 is 19.5 Å². The largest absolute Gasteiger partial charge is 0.477 e. The Bertz CT molecular complexity index is 1450. The maximum Gasteiger partial charge on any atom is 0.352 e. The number of thioether (sulfide) groups is 3. The summed E-state index contributed by atoms with van der Waals surface area (Å²) in [5.74, 6) is -1.46. The smallest absolute Gasteiger partial charge is 0.352 e. The van der Waals surface area contributed by atoms with Crippen LogP contribution in [0.4, 0.5) is 5.13 Å². The highest BCUT2D eigenvalue weighted by Crippen LogP contribution is 2.43. The molecule has 2 amide bonds. The number of carbonyl (C=O) groups excluding carboxylic acids is 2. The van der Waals surface area contributed by atoms with Crippen molar-refractivity contribution in [3.63, 3.8) is 0 Å². The van der Waals surface area contributed by atoms with E-state index in [4.69, 9.17) is 17.3 Å². The van der Waals surface area contributed by atoms with E-state index in [0.717, 1.165) is 0 Å². The average molecular weight is 611 g/mol. The minimum Gasteiger partial charge on any atom is -0.477 e. The molecule has 38 heavy (non-hydrogen) atoms. The molecule has 17 heteroatoms. The molecule has 4 heterocycles. The Labute approximate surface area is 237 Å². The molecule has 12 nitrogen and oxygen atoms in total. The third-order valence-corrected chi connectivity index (χ3v) is 10.5. The predicted octanol–water partition coefficient (Wildman–Crippen LogP) is 2.27. The van der Waals surface area contributed by atoms with Crippen molar-refractivity contribution >= 4 is 81.1 Å². The van der Waals surface area contributed by atoms with E-state index < -0.39 is 34.4 Å². The molecule has 0 radical (unpaired) electrons. The molecule has 0 spiro atoms. The Balaban J connectivity index is 1.33. The van der Waals surface area contributed by atoms with Crippen molar-refractivity contribution in [1.29, 1.82) is 0 Å². The fourth-order valence-corrected chi connectivity index (χ4v) is 8.14. The number of hydrogen-bond donors (Lipinski definition) is 3. The predicted molar refractivity (Wildman–Crippen MR) is 146 cm³/mol. The molecule has 0 bridgehead atoms. The van der Waals surface area contributed by atoms with Crippen molar-refractivity contribution in [2.45, 2.75) is 26.7 Å². The number of rotatable bonds is 9. The number of amides is 2. The summed E-state index contributed by atoms with van der Waals surface area (Å²) in [4.78, 5) is 44.9. The first-order valence-electron chi connectivity index (χ1n) is 10.9. The van der Waals surface area contributed by atoms with E-state index in [1.54, 1.807) is 36.7 Å². The number of nitrogens with two attached hydrogens (primary N) is 1. The Morgan fingerprint density at radius 3 is 2.82 bits per heavy atom. The van der Waals surface area contributed by atoms with Gasteiger partial charge in [-0.25, -0.2) is 14.5 Å². The molecular weight excluding hydrogens is 592 g/mol. The highest BCUT2D eigenvalue weighted by molar-refractivity contribution is 8.01. The van der Waals surface area contributed by atoms with Crippen LogP contribution in [0.1, 0.15) is 10.9 Å². The Kier molecular flexibility index (Phi) is 7.85. The molecular formula is C21H19ClN8O4S4. The molecule has 0 aliphatic carbocycles. The van der Waals surface area contributed by atoms with Crippen LogP contribution < -0.4 is 11.1 Å². The number of halogens is 1. The lowest BCUT2D eigenvalue weighted by Crippen LogP contribution is -2.70. The summed E-state index contributed by atoms with van der Waals surface area (Å²) >= 11 is 11.4. The molecule has 1 fully saturated rings. The number of nitrogen functional groups attached to an aromatic ring is 1. The standard InChI is InChI=1S/C21H19ClN8O4S4/c1-29-21(26-27-28-29)37-7-9-6-35-18-13(17(32)30(18)14(9)19(33)34)25-16(31)15(11-8-36-20(23)24-11)38-12-5-3-2-4-10(12)22/h2-5,8,13,15,18H,6-7H2,1H3,(H2,23,24)(H,25,31)(H,33,34)/t13?,15?,18-/m0/s1. The number of tetrazole rings is 1. The fourth-order valence-electron chi connectivity index (χ4n) is 3.86. The van der Waals surface area contributed by atoms with Gasteiger partial charge >= 0.3 is 5.97 Å². The Morgan fingerprint density at radius 1 is 1.37 bits per heavy atom. The van der Waals surface area contributed by atoms with Crippen LogP contribution >= 0.6 is 58.2 Å². The van der Waals surface area contributed by atoms with E-state index in [2.05, 4.69) is 25.8 Å². The number of nitrogens with zero attached hydrogens (tertiary/aromatic N) is 6. The summed E-state index contributed by atoms with van der Waals surface area (Å²) in [5, 5.41) is 25.6. The van der Waals surface area contributed by atoms with E-state index in [0.29, 0.717) is 43.0 Å². The number of aromatic nitrogens is 5. The van der Waals surface area contributed by atoms with Gasteiger partial charge in [0.1, 0.15) is 22.4 Å². The van der Waals surface area contributed by atoms with Crippen LogP contribution in [-0.4, -0.2) is 75.9 Å². The highest BCUT2D eigenvalue weighted by atomic mass is 35.5. The lowest BCUT2D eigenvalue weighted by molar-refractivity contribution is -0.150. The molecule has 3 atom stereocenters. The molecule has 2 aromatic heterocycles. The second-order valence-electron chi connectivity index (χ2n) is 8.07. The number of nitrogens with one attached hydrogen (secondary N) is 1. The van der Waals surface area contributed by atoms with Crippen LogP contribution in [0.2, 0.25) is 5.02 Å². The van der Waals surface area contributed by atoms with Gasteiger partial charge in [0.05, 0.1) is 10.7 Å². The topological polar surface area (TPSA) is 169 Å². The lowest BCUT2D eigenvalue weighted by atomic mass is 10.0. The van der Waals surface area contributed by atoms with Gasteiger partial charge in [-0.15, -0.1) is 40.0 Å². The summed E-state index contributed by atoms with van der Waals surface area (Å²) < 4.78 is 1.48. The van der Waals surface area contributed by atoms with Gasteiger partial charge in [0.15, 0.2) is 5.13 Å². The summed E-state index contributed by atoms with van der Waals surface area (Å²) in [5.41, 5.74) is 6.76. The number of hydrogen-bond acceptors (Lipinski definition) is 12. The van der Waals surface area contributed by atoms with E-state index in [1.807, 2.05) is 0 Å². The maximum absolute atomic E-state index is 13.5. The van der Waals surface area contributed by atoms with Crippen LogP contribution in [0.15, 0.2) is 51.0 Å². The molecule has 4 N–H and O–H groups in total. The van der Waals surface area contributed by atoms with Crippen molar-refractivity contribution in [2.75, 3.05) is 17.2 Å². The number of carbonyl (C=O) groups is 3. The molecule has 1 saturated heterocycles. The summed E-state index contributed by atoms with van der Waals surface area (Å²) in [6.07, 6.45) is 0. The van der Waals surface area contributed by atoms with E-state index in [1.165, 1.54) is 56.2 Å². The molecule has 0 saturated carbocycles. The molecule has 1 aromatic carbocycles. The maximum atomic E-state index is 13.5. The molecule has 2 aliphatic rings. The van der Waals surface area contributed by atoms with Gasteiger partial charge in [-0.2, -0.15) is 0 Å². The highest BCUT2D eigenvalue weighted by Gasteiger charge is 2.54. The fraction of sp³-hybridized carbons (Fsp3) is 0.286. The zero-order valence-corrected chi connectivity index (χ0v) is 23.5. The number of aryl methyl sites for hydroxylation is 1. The van der Waals surface area contributed by atoms with Crippen LogP contribution in [-0.2, 0) is 21.4 Å². The number of fused-ring (bicyclic) bond motifs is 1. The van der Waals surface area contributed by atoms with Gasteiger partial charge in [0, 0.05) is 28.8 Å². The zero-order valence-electron chi connectivity index (χ0n) is 19.5. The van der Waals surface area contributed by atoms with Crippen LogP contribution in [0.5, 0.6) is 0 Å². The zero-order chi connectivity index (χ0) is 27.0. The normalized spacial score (nSPS) is 19.6. The molecule has 2 aliphatic heterocycles. The van der Waals surface area contributed by atoms with Crippen LogP contribution in [0, 0.1) is 0 Å². The van der Waals surface area contributed by atoms with Crippen molar-refractivity contribution in [1.82, 2.24) is 35.4 Å². The van der Waals surface area contributed by atoms with Gasteiger partial charge in [0.25, 0.3) is 5.91 Å². The minimum atomic E-state index is -1.20. The molecule has 3 aromatic rings. The Hall–Kier alpha value is -2.79. The second-order valence-corrected chi connectivity index (χ2v) is 12.6. The number of thiazole rings is 1. The molecule has 5 rings (SSSR count). The number of benzene rings is 1. The van der Waals surface area contributed by atoms with Gasteiger partial charge in [-0.05, 0) is 28.1 Å². The monoisotopic (exact) mass is 610 g/mol. The van der Waals surface area contributed by atoms with Gasteiger partial charge in [-0.3, -0.25) is 14.5 Å². The number of anilines is 1. The van der Waals surface area contributed by atoms with E-state index in [9.17, 15) is 19.5 Å². The van der Waals surface area contributed by atoms with Gasteiger partial charge in [0.2, 0.25) is 11.1 Å². The summed E-state index contributed by atoms with van der Waals surface area (Å²) in [7, 11) is 1.68. The second kappa shape index (κ2) is 11.1. The van der Waals surface area contributed by atoms with E-state index >= 15 is 0 Å². The SMILES string of the molecule is Cn1nnnc1SCC1=C(C(=O)O)N2C(=O)C(NC(=O)C(Sc3ccccc3Cl)c3csc(N)n3)[C@@H]2SC1. The number of carboxylic acid groups (broad SMARTS) is 1. The summed E-state index contributed by atoms with van der Waals surface area (Å²) in [6, 6.07) is 6.22. The lowest BCUT2D eigenvalue weighted by Gasteiger charge is -2.49. The minimum absolute atomic E-state index is 0.0684. The third-order valence-electron chi connectivity index (χ3n) is 5.63. The number of carboxylic acids is 1. The molecule has 198 valence electrons. The Morgan fingerprint density at radius 2 is 2.16 bits per heavy atom. The first-order valence-corrected chi connectivity index (χ1v) is 15.1. The number of aliphatic carboxylic acids is 1. The van der Waals surface area contributed by atoms with E-state index in [-0.39, 0.29) is 5.70 Å². The third kappa shape index (κ3) is 5.22. The summed E-state index contributed by atoms with van der Waals surface area (Å²) in [6.45, 7) is 0. The van der Waals surface area contributed by atoms with Crippen LogP contribution in [0.25, 0.3) is 0 Å². The van der Waals surface area contributed by atoms with Crippen molar-refractivity contribution in [2.24, 2.45) is 7.05 Å². The van der Waals surface area contributed by atoms with Crippen LogP contribution in [0.3, 0.4) is 0 Å².